The van der Waals surface area contributed by atoms with Crippen molar-refractivity contribution in [2.45, 2.75) is 56.4 Å². The zero-order valence-electron chi connectivity index (χ0n) is 25.0. The largest absolute Gasteiger partial charge is 0.495 e. The quantitative estimate of drug-likeness (QED) is 0.286. The van der Waals surface area contributed by atoms with Crippen LogP contribution in [0, 0.1) is 6.92 Å². The molecule has 4 aromatic rings. The fourth-order valence-electron chi connectivity index (χ4n) is 6.48. The topological polar surface area (TPSA) is 120 Å². The Kier molecular flexibility index (Phi) is 8.50. The Morgan fingerprint density at radius 1 is 1.02 bits per heavy atom. The van der Waals surface area contributed by atoms with E-state index in [-0.39, 0.29) is 34.6 Å². The van der Waals surface area contributed by atoms with Crippen molar-refractivity contribution >= 4 is 32.7 Å². The Balaban J connectivity index is 1.45. The summed E-state index contributed by atoms with van der Waals surface area (Å²) >= 11 is 0. The second-order valence-corrected chi connectivity index (χ2v) is 13.2. The molecule has 0 unspecified atom stereocenters. The van der Waals surface area contributed by atoms with Gasteiger partial charge in [0.05, 0.1) is 44.1 Å². The molecule has 1 N–H and O–H groups in total. The first-order valence-electron chi connectivity index (χ1n) is 15.0. The Bertz CT molecular complexity index is 1780. The summed E-state index contributed by atoms with van der Waals surface area (Å²) in [5, 5.41) is 0.947. The van der Waals surface area contributed by atoms with Crippen LogP contribution in [0.5, 0.6) is 5.75 Å². The number of nitrogens with zero attached hydrogens (tertiary/aromatic N) is 2. The number of ether oxygens (including phenoxy) is 2. The summed E-state index contributed by atoms with van der Waals surface area (Å²) in [5.41, 5.74) is 4.58. The van der Waals surface area contributed by atoms with Crippen LogP contribution in [0.2, 0.25) is 0 Å². The maximum Gasteiger partial charge on any atom is 0.268 e. The number of rotatable bonds is 8. The lowest BCUT2D eigenvalue weighted by molar-refractivity contribution is -0.135. The number of sulfonamides is 1. The van der Waals surface area contributed by atoms with E-state index in [9.17, 15) is 18.0 Å². The molecule has 0 atom stereocenters. The first-order valence-corrected chi connectivity index (χ1v) is 16.5. The standard InChI is InChI=1S/C33H37N3O7S/c1-22-8-11-29(28(18-22)41-2)44(39,40)34-33(38)24-9-10-26-27(19-24)36(20-30(37)35-13-16-42-17-14-35)32(25-12-15-43-21-25)31(26)23-6-4-3-5-7-23/h8-12,15,18-19,21,23H,3-7,13-14,16-17,20H2,1-2H3,(H,34,38). The van der Waals surface area contributed by atoms with E-state index >= 15 is 0 Å². The number of aryl methyl sites for hydroxylation is 1. The highest BCUT2D eigenvalue weighted by Gasteiger charge is 2.30. The van der Waals surface area contributed by atoms with E-state index in [4.69, 9.17) is 13.9 Å². The maximum absolute atomic E-state index is 13.6. The predicted octanol–water partition coefficient (Wildman–Crippen LogP) is 5.24. The third-order valence-corrected chi connectivity index (χ3v) is 10.0. The SMILES string of the molecule is COc1cc(C)ccc1S(=O)(=O)NC(=O)c1ccc2c(C3CCCCC3)c(-c3ccoc3)n(CC(=O)N3CCOCC3)c2c1. The summed E-state index contributed by atoms with van der Waals surface area (Å²) in [6.45, 7) is 3.90. The highest BCUT2D eigenvalue weighted by Crippen LogP contribution is 2.44. The molecule has 10 nitrogen and oxygen atoms in total. The van der Waals surface area contributed by atoms with Crippen molar-refractivity contribution in [3.63, 3.8) is 0 Å². The Labute approximate surface area is 257 Å². The number of aromatic nitrogens is 1. The van der Waals surface area contributed by atoms with Crippen molar-refractivity contribution < 1.29 is 31.9 Å². The van der Waals surface area contributed by atoms with Gasteiger partial charge in [-0.2, -0.15) is 0 Å². The zero-order valence-corrected chi connectivity index (χ0v) is 25.8. The zero-order chi connectivity index (χ0) is 30.8. The van der Waals surface area contributed by atoms with Crippen LogP contribution in [0.15, 0.2) is 64.3 Å². The molecule has 3 heterocycles. The van der Waals surface area contributed by atoms with Gasteiger partial charge in [-0.3, -0.25) is 9.59 Å². The van der Waals surface area contributed by atoms with E-state index in [1.165, 1.54) is 19.6 Å². The number of carbonyl (C=O) groups excluding carboxylic acids is 2. The van der Waals surface area contributed by atoms with Gasteiger partial charge in [0, 0.05) is 29.6 Å². The third kappa shape index (κ3) is 5.86. The summed E-state index contributed by atoms with van der Waals surface area (Å²) in [5.74, 6) is -0.386. The highest BCUT2D eigenvalue weighted by atomic mass is 32.2. The number of furan rings is 1. The number of morpholine rings is 1. The summed E-state index contributed by atoms with van der Waals surface area (Å²) in [6, 6.07) is 11.8. The third-order valence-electron chi connectivity index (χ3n) is 8.67. The van der Waals surface area contributed by atoms with Crippen LogP contribution < -0.4 is 9.46 Å². The monoisotopic (exact) mass is 619 g/mol. The average Bonchev–Trinajstić information content (AvgIpc) is 3.67. The van der Waals surface area contributed by atoms with E-state index in [0.29, 0.717) is 31.8 Å². The molecular weight excluding hydrogens is 582 g/mol. The first-order chi connectivity index (χ1) is 21.3. The van der Waals surface area contributed by atoms with E-state index < -0.39 is 15.9 Å². The van der Waals surface area contributed by atoms with Crippen LogP contribution in [0.3, 0.4) is 0 Å². The summed E-state index contributed by atoms with van der Waals surface area (Å²) < 4.78 is 47.0. The van der Waals surface area contributed by atoms with Gasteiger partial charge in [-0.25, -0.2) is 13.1 Å². The molecule has 2 aromatic carbocycles. The number of fused-ring (bicyclic) bond motifs is 1. The molecule has 1 aliphatic carbocycles. The van der Waals surface area contributed by atoms with Gasteiger partial charge in [-0.1, -0.05) is 31.4 Å². The molecule has 1 saturated heterocycles. The molecular formula is C33H37N3O7S. The fraction of sp³-hybridized carbons (Fsp3) is 0.394. The molecule has 2 aromatic heterocycles. The van der Waals surface area contributed by atoms with Crippen LogP contribution >= 0.6 is 0 Å². The lowest BCUT2D eigenvalue weighted by atomic mass is 9.82. The summed E-state index contributed by atoms with van der Waals surface area (Å²) in [6.07, 6.45) is 8.79. The first kappa shape index (κ1) is 30.0. The van der Waals surface area contributed by atoms with Gasteiger partial charge in [-0.05, 0) is 67.1 Å². The predicted molar refractivity (Wildman–Crippen MR) is 165 cm³/mol. The molecule has 2 amide bonds. The van der Waals surface area contributed by atoms with E-state index in [2.05, 4.69) is 4.72 Å². The lowest BCUT2D eigenvalue weighted by Gasteiger charge is -2.27. The van der Waals surface area contributed by atoms with Crippen molar-refractivity contribution in [1.29, 1.82) is 0 Å². The summed E-state index contributed by atoms with van der Waals surface area (Å²) in [7, 11) is -2.85. The van der Waals surface area contributed by atoms with Gasteiger partial charge in [0.2, 0.25) is 5.91 Å². The Hall–Kier alpha value is -4.09. The van der Waals surface area contributed by atoms with Crippen LogP contribution in [0.25, 0.3) is 22.2 Å². The van der Waals surface area contributed by atoms with Gasteiger partial charge in [0.15, 0.2) is 0 Å². The van der Waals surface area contributed by atoms with Crippen LogP contribution in [0.4, 0.5) is 0 Å². The highest BCUT2D eigenvalue weighted by molar-refractivity contribution is 7.90. The Morgan fingerprint density at radius 3 is 2.50 bits per heavy atom. The van der Waals surface area contributed by atoms with Crippen molar-refractivity contribution in [2.24, 2.45) is 0 Å². The second kappa shape index (κ2) is 12.5. The fourth-order valence-corrected chi connectivity index (χ4v) is 7.60. The summed E-state index contributed by atoms with van der Waals surface area (Å²) in [4.78, 5) is 28.8. The number of carbonyl (C=O) groups is 2. The molecule has 44 heavy (non-hydrogen) atoms. The minimum Gasteiger partial charge on any atom is -0.495 e. The van der Waals surface area contributed by atoms with Gasteiger partial charge in [-0.15, -0.1) is 0 Å². The molecule has 232 valence electrons. The maximum atomic E-state index is 13.6. The normalized spacial score (nSPS) is 16.3. The van der Waals surface area contributed by atoms with E-state index in [0.717, 1.165) is 53.5 Å². The van der Waals surface area contributed by atoms with Crippen molar-refractivity contribution in [3.8, 4) is 17.0 Å². The smallest absolute Gasteiger partial charge is 0.268 e. The minimum absolute atomic E-state index is 0.0472. The molecule has 11 heteroatoms. The molecule has 0 spiro atoms. The number of nitrogens with one attached hydrogen (secondary N) is 1. The number of hydrogen-bond donors (Lipinski definition) is 1. The number of methoxy groups -OCH3 is 1. The van der Waals surface area contributed by atoms with Gasteiger partial charge in [0.25, 0.3) is 15.9 Å². The van der Waals surface area contributed by atoms with Crippen LogP contribution in [0.1, 0.15) is 59.5 Å². The Morgan fingerprint density at radius 2 is 1.80 bits per heavy atom. The molecule has 6 rings (SSSR count). The van der Waals surface area contributed by atoms with Crippen molar-refractivity contribution in [3.05, 3.63) is 71.7 Å². The molecule has 1 saturated carbocycles. The number of amides is 2. The second-order valence-electron chi connectivity index (χ2n) is 11.5. The average molecular weight is 620 g/mol. The number of hydrogen-bond acceptors (Lipinski definition) is 7. The molecule has 0 radical (unpaired) electrons. The van der Waals surface area contributed by atoms with Crippen molar-refractivity contribution in [2.75, 3.05) is 33.4 Å². The van der Waals surface area contributed by atoms with Gasteiger partial charge < -0.3 is 23.4 Å². The van der Waals surface area contributed by atoms with Gasteiger partial charge in [0.1, 0.15) is 17.2 Å². The minimum atomic E-state index is -4.24. The van der Waals surface area contributed by atoms with E-state index in [1.807, 2.05) is 23.6 Å². The van der Waals surface area contributed by atoms with Gasteiger partial charge >= 0.3 is 0 Å². The van der Waals surface area contributed by atoms with Crippen LogP contribution in [-0.2, 0) is 26.1 Å². The molecule has 2 fully saturated rings. The molecule has 1 aliphatic heterocycles. The lowest BCUT2D eigenvalue weighted by Crippen LogP contribution is -2.42. The van der Waals surface area contributed by atoms with Crippen LogP contribution in [-0.4, -0.2) is 63.1 Å². The molecule has 0 bridgehead atoms. The molecule has 2 aliphatic rings. The van der Waals surface area contributed by atoms with Crippen molar-refractivity contribution in [1.82, 2.24) is 14.2 Å². The number of benzene rings is 2. The van der Waals surface area contributed by atoms with E-state index in [1.54, 1.807) is 41.7 Å².